The highest BCUT2D eigenvalue weighted by molar-refractivity contribution is 7.99. The largest absolute Gasteiger partial charge is 0.366 e. The minimum absolute atomic E-state index is 0.0885. The van der Waals surface area contributed by atoms with Crippen molar-refractivity contribution in [3.05, 3.63) is 47.6 Å². The van der Waals surface area contributed by atoms with Crippen molar-refractivity contribution < 1.29 is 9.26 Å². The minimum Gasteiger partial charge on any atom is -0.366 e. The van der Waals surface area contributed by atoms with E-state index in [1.54, 1.807) is 0 Å². The van der Waals surface area contributed by atoms with Crippen LogP contribution in [-0.2, 0) is 4.74 Å². The first-order valence-electron chi connectivity index (χ1n) is 7.13. The predicted molar refractivity (Wildman–Crippen MR) is 82.3 cm³/mol. The van der Waals surface area contributed by atoms with Crippen LogP contribution in [0.15, 0.2) is 34.9 Å². The number of rotatable bonds is 5. The second-order valence-corrected chi connectivity index (χ2v) is 6.12. The maximum atomic E-state index is 6.09. The molecular formula is C15H19N3O2S. The highest BCUT2D eigenvalue weighted by atomic mass is 32.2. The predicted octanol–water partition coefficient (Wildman–Crippen LogP) is 2.35. The topological polar surface area (TPSA) is 74.2 Å². The number of thioether (sulfide) groups is 1. The Bertz CT molecular complexity index is 575. The molecule has 0 spiro atoms. The zero-order chi connectivity index (χ0) is 14.7. The van der Waals surface area contributed by atoms with Gasteiger partial charge in [-0.05, 0) is 12.5 Å². The summed E-state index contributed by atoms with van der Waals surface area (Å²) in [5, 5.41) is 4.11. The second kappa shape index (κ2) is 6.60. The fraction of sp³-hybridized carbons (Fsp3) is 0.467. The van der Waals surface area contributed by atoms with E-state index in [9.17, 15) is 0 Å². The van der Waals surface area contributed by atoms with Crippen molar-refractivity contribution >= 4 is 11.8 Å². The van der Waals surface area contributed by atoms with Gasteiger partial charge < -0.3 is 15.0 Å². The second-order valence-electron chi connectivity index (χ2n) is 5.04. The molecule has 1 fully saturated rings. The van der Waals surface area contributed by atoms with Crippen LogP contribution in [0.4, 0.5) is 0 Å². The molecule has 2 heterocycles. The van der Waals surface area contributed by atoms with Gasteiger partial charge in [0.2, 0.25) is 11.7 Å². The number of hydrogen-bond acceptors (Lipinski definition) is 6. The third-order valence-electron chi connectivity index (χ3n) is 3.57. The molecule has 1 aliphatic heterocycles. The zero-order valence-electron chi connectivity index (χ0n) is 11.9. The number of nitrogens with two attached hydrogens (primary N) is 1. The summed E-state index contributed by atoms with van der Waals surface area (Å²) >= 11 is 1.83. The lowest BCUT2D eigenvalue weighted by molar-refractivity contribution is 0.0833. The fourth-order valence-electron chi connectivity index (χ4n) is 2.44. The van der Waals surface area contributed by atoms with E-state index in [4.69, 9.17) is 15.0 Å². The molecule has 6 heteroatoms. The summed E-state index contributed by atoms with van der Waals surface area (Å²) in [5.41, 5.74) is 7.11. The molecule has 3 atom stereocenters. The van der Waals surface area contributed by atoms with Crippen LogP contribution in [0.25, 0.3) is 0 Å². The van der Waals surface area contributed by atoms with Crippen molar-refractivity contribution in [3.63, 3.8) is 0 Å². The van der Waals surface area contributed by atoms with E-state index in [-0.39, 0.29) is 18.1 Å². The average Bonchev–Trinajstić information content (AvgIpc) is 3.14. The Hall–Kier alpha value is -1.37. The smallest absolute Gasteiger partial charge is 0.232 e. The van der Waals surface area contributed by atoms with Gasteiger partial charge in [-0.15, -0.1) is 0 Å². The molecule has 0 radical (unpaired) electrons. The van der Waals surface area contributed by atoms with Crippen LogP contribution >= 0.6 is 11.8 Å². The van der Waals surface area contributed by atoms with Gasteiger partial charge >= 0.3 is 0 Å². The first-order chi connectivity index (χ1) is 10.3. The van der Waals surface area contributed by atoms with Gasteiger partial charge in [0.05, 0.1) is 5.92 Å². The third kappa shape index (κ3) is 3.12. The molecule has 21 heavy (non-hydrogen) atoms. The van der Waals surface area contributed by atoms with Crippen LogP contribution < -0.4 is 5.73 Å². The van der Waals surface area contributed by atoms with E-state index in [1.165, 1.54) is 0 Å². The first kappa shape index (κ1) is 14.6. The molecule has 5 nitrogen and oxygen atoms in total. The Morgan fingerprint density at radius 1 is 1.38 bits per heavy atom. The van der Waals surface area contributed by atoms with E-state index < -0.39 is 0 Å². The summed E-state index contributed by atoms with van der Waals surface area (Å²) < 4.78 is 11.2. The molecular weight excluding hydrogens is 286 g/mol. The summed E-state index contributed by atoms with van der Waals surface area (Å²) in [5.74, 6) is 3.23. The van der Waals surface area contributed by atoms with Crippen molar-refractivity contribution in [2.75, 3.05) is 18.1 Å². The molecule has 112 valence electrons. The highest BCUT2D eigenvalue weighted by Crippen LogP contribution is 2.32. The van der Waals surface area contributed by atoms with E-state index in [2.05, 4.69) is 10.1 Å². The van der Waals surface area contributed by atoms with E-state index in [1.807, 2.05) is 49.0 Å². The Balaban J connectivity index is 1.85. The summed E-state index contributed by atoms with van der Waals surface area (Å²) in [6.07, 6.45) is -0.293. The monoisotopic (exact) mass is 305 g/mol. The molecule has 2 aromatic rings. The lowest BCUT2D eigenvalue weighted by Crippen LogP contribution is -2.26. The van der Waals surface area contributed by atoms with Crippen LogP contribution in [-0.4, -0.2) is 34.3 Å². The molecule has 1 aromatic carbocycles. The van der Waals surface area contributed by atoms with Crippen molar-refractivity contribution in [2.24, 2.45) is 5.73 Å². The first-order valence-corrected chi connectivity index (χ1v) is 8.28. The van der Waals surface area contributed by atoms with Crippen LogP contribution in [0.1, 0.15) is 36.2 Å². The van der Waals surface area contributed by atoms with Gasteiger partial charge in [0.15, 0.2) is 0 Å². The van der Waals surface area contributed by atoms with Gasteiger partial charge in [0.1, 0.15) is 6.10 Å². The molecule has 0 amide bonds. The highest BCUT2D eigenvalue weighted by Gasteiger charge is 2.32. The quantitative estimate of drug-likeness (QED) is 0.914. The van der Waals surface area contributed by atoms with Crippen molar-refractivity contribution in [3.8, 4) is 0 Å². The SMILES string of the molecule is CCOC(c1ccccc1)c1noc(C2CSCC2N)n1. The van der Waals surface area contributed by atoms with Gasteiger partial charge in [-0.1, -0.05) is 35.5 Å². The van der Waals surface area contributed by atoms with Crippen molar-refractivity contribution in [1.82, 2.24) is 10.1 Å². The lowest BCUT2D eigenvalue weighted by Gasteiger charge is -2.13. The van der Waals surface area contributed by atoms with Crippen LogP contribution in [0.3, 0.4) is 0 Å². The maximum absolute atomic E-state index is 6.09. The van der Waals surface area contributed by atoms with E-state index in [0.29, 0.717) is 18.3 Å². The maximum Gasteiger partial charge on any atom is 0.232 e. The summed E-state index contributed by atoms with van der Waals surface area (Å²) in [7, 11) is 0. The Labute approximate surface area is 128 Å². The third-order valence-corrected chi connectivity index (χ3v) is 4.78. The number of ether oxygens (including phenoxy) is 1. The van der Waals surface area contributed by atoms with Crippen LogP contribution in [0.2, 0.25) is 0 Å². The van der Waals surface area contributed by atoms with Gasteiger partial charge in [-0.2, -0.15) is 16.7 Å². The zero-order valence-corrected chi connectivity index (χ0v) is 12.8. The Kier molecular flexibility index (Phi) is 4.57. The summed E-state index contributed by atoms with van der Waals surface area (Å²) in [6.45, 7) is 2.54. The molecule has 0 saturated carbocycles. The molecule has 1 saturated heterocycles. The Morgan fingerprint density at radius 2 is 2.19 bits per heavy atom. The van der Waals surface area contributed by atoms with Gasteiger partial charge in [-0.25, -0.2) is 0 Å². The van der Waals surface area contributed by atoms with E-state index >= 15 is 0 Å². The Morgan fingerprint density at radius 3 is 2.86 bits per heavy atom. The molecule has 3 rings (SSSR count). The normalized spacial score (nSPS) is 23.3. The molecule has 1 aromatic heterocycles. The minimum atomic E-state index is -0.293. The van der Waals surface area contributed by atoms with Gasteiger partial charge in [0.25, 0.3) is 0 Å². The lowest BCUT2D eigenvalue weighted by atomic mass is 10.1. The molecule has 3 unspecified atom stereocenters. The molecule has 2 N–H and O–H groups in total. The number of aromatic nitrogens is 2. The molecule has 1 aliphatic rings. The van der Waals surface area contributed by atoms with Gasteiger partial charge in [-0.3, -0.25) is 0 Å². The summed E-state index contributed by atoms with van der Waals surface area (Å²) in [4.78, 5) is 4.54. The standard InChI is InChI=1S/C15H19N3O2S/c1-2-19-13(10-6-4-3-5-7-10)14-17-15(20-18-14)11-8-21-9-12(11)16/h3-7,11-13H,2,8-9,16H2,1H3. The summed E-state index contributed by atoms with van der Waals surface area (Å²) in [6, 6.07) is 10.0. The van der Waals surface area contributed by atoms with Crippen molar-refractivity contribution in [2.45, 2.75) is 25.0 Å². The van der Waals surface area contributed by atoms with Crippen molar-refractivity contribution in [1.29, 1.82) is 0 Å². The van der Waals surface area contributed by atoms with Crippen LogP contribution in [0, 0.1) is 0 Å². The molecule has 0 bridgehead atoms. The number of benzene rings is 1. The average molecular weight is 305 g/mol. The van der Waals surface area contributed by atoms with Gasteiger partial charge in [0, 0.05) is 24.2 Å². The number of nitrogens with zero attached hydrogens (tertiary/aromatic N) is 2. The van der Waals surface area contributed by atoms with Crippen LogP contribution in [0.5, 0.6) is 0 Å². The molecule has 0 aliphatic carbocycles. The van der Waals surface area contributed by atoms with E-state index in [0.717, 1.165) is 17.1 Å². The fourth-order valence-corrected chi connectivity index (χ4v) is 3.73. The number of hydrogen-bond donors (Lipinski definition) is 1.